The average molecular weight is 429 g/mol. The molecule has 3 rings (SSSR count). The number of unbranched alkanes of at least 4 members (excludes halogenated alkanes) is 1. The summed E-state index contributed by atoms with van der Waals surface area (Å²) in [5.74, 6) is -0.928. The lowest BCUT2D eigenvalue weighted by atomic mass is 10.1. The molecule has 0 spiro atoms. The first-order valence-corrected chi connectivity index (χ1v) is 9.84. The summed E-state index contributed by atoms with van der Waals surface area (Å²) in [5, 5.41) is 2.83. The van der Waals surface area contributed by atoms with Crippen LogP contribution in [0.5, 0.6) is 0 Å². The first kappa shape index (κ1) is 19.3. The van der Waals surface area contributed by atoms with Crippen LogP contribution in [0.15, 0.2) is 46.9 Å². The fourth-order valence-corrected chi connectivity index (χ4v) is 3.59. The van der Waals surface area contributed by atoms with E-state index in [-0.39, 0.29) is 30.7 Å². The number of rotatable bonds is 7. The molecule has 3 amide bonds. The van der Waals surface area contributed by atoms with Gasteiger partial charge in [-0.05, 0) is 58.6 Å². The van der Waals surface area contributed by atoms with Gasteiger partial charge in [0, 0.05) is 17.4 Å². The van der Waals surface area contributed by atoms with E-state index in [0.29, 0.717) is 16.8 Å². The number of hydrogen-bond donors (Lipinski definition) is 1. The molecule has 6 heteroatoms. The number of amides is 3. The van der Waals surface area contributed by atoms with E-state index in [4.69, 9.17) is 0 Å². The zero-order chi connectivity index (χ0) is 19.4. The summed E-state index contributed by atoms with van der Waals surface area (Å²) < 4.78 is 0.824. The molecule has 1 heterocycles. The predicted octanol–water partition coefficient (Wildman–Crippen LogP) is 4.42. The summed E-state index contributed by atoms with van der Waals surface area (Å²) in [6.45, 7) is 2.21. The topological polar surface area (TPSA) is 66.5 Å². The van der Waals surface area contributed by atoms with Crippen molar-refractivity contribution < 1.29 is 14.4 Å². The van der Waals surface area contributed by atoms with Crippen molar-refractivity contribution in [2.24, 2.45) is 0 Å². The molecule has 0 bridgehead atoms. The maximum atomic E-state index is 12.3. The maximum absolute atomic E-state index is 12.3. The van der Waals surface area contributed by atoms with Crippen LogP contribution in [0, 0.1) is 0 Å². The quantitative estimate of drug-likeness (QED) is 0.663. The van der Waals surface area contributed by atoms with Gasteiger partial charge in [-0.3, -0.25) is 19.3 Å². The Morgan fingerprint density at radius 2 is 1.74 bits per heavy atom. The van der Waals surface area contributed by atoms with Crippen LogP contribution in [0.2, 0.25) is 0 Å². The Hall–Kier alpha value is -2.47. The lowest BCUT2D eigenvalue weighted by Crippen LogP contribution is -2.32. The number of aryl methyl sites for hydroxylation is 1. The molecule has 0 unspecified atom stereocenters. The highest BCUT2D eigenvalue weighted by Crippen LogP contribution is 2.25. The highest BCUT2D eigenvalue weighted by atomic mass is 79.9. The first-order valence-electron chi connectivity index (χ1n) is 9.04. The standard InChI is InChI=1S/C21H21BrN2O3/c1-2-3-6-14-9-10-18(17(22)13-14)23-19(25)11-12-24-20(26)15-7-4-5-8-16(15)21(24)27/h4-5,7-10,13H,2-3,6,11-12H2,1H3,(H,23,25). The van der Waals surface area contributed by atoms with E-state index in [1.807, 2.05) is 18.2 Å². The Morgan fingerprint density at radius 3 is 2.33 bits per heavy atom. The van der Waals surface area contributed by atoms with Gasteiger partial charge in [-0.1, -0.05) is 31.5 Å². The molecule has 0 fully saturated rings. The van der Waals surface area contributed by atoms with Gasteiger partial charge in [-0.15, -0.1) is 0 Å². The summed E-state index contributed by atoms with van der Waals surface area (Å²) in [6.07, 6.45) is 3.31. The Morgan fingerprint density at radius 1 is 1.07 bits per heavy atom. The molecular formula is C21H21BrN2O3. The summed E-state index contributed by atoms with van der Waals surface area (Å²) in [6, 6.07) is 12.6. The summed E-state index contributed by atoms with van der Waals surface area (Å²) >= 11 is 3.49. The molecule has 1 aliphatic rings. The van der Waals surface area contributed by atoms with Crippen molar-refractivity contribution in [2.45, 2.75) is 32.6 Å². The minimum Gasteiger partial charge on any atom is -0.325 e. The van der Waals surface area contributed by atoms with Crippen LogP contribution in [0.1, 0.15) is 52.5 Å². The van der Waals surface area contributed by atoms with E-state index >= 15 is 0 Å². The number of nitrogens with zero attached hydrogens (tertiary/aromatic N) is 1. The van der Waals surface area contributed by atoms with Gasteiger partial charge in [0.25, 0.3) is 11.8 Å². The van der Waals surface area contributed by atoms with Gasteiger partial charge in [0.05, 0.1) is 16.8 Å². The third kappa shape index (κ3) is 4.27. The van der Waals surface area contributed by atoms with E-state index in [0.717, 1.165) is 28.6 Å². The number of fused-ring (bicyclic) bond motifs is 1. The van der Waals surface area contributed by atoms with Crippen LogP contribution in [0.3, 0.4) is 0 Å². The van der Waals surface area contributed by atoms with Crippen molar-refractivity contribution in [1.29, 1.82) is 0 Å². The molecule has 0 radical (unpaired) electrons. The van der Waals surface area contributed by atoms with Crippen molar-refractivity contribution in [3.63, 3.8) is 0 Å². The third-order valence-electron chi connectivity index (χ3n) is 4.57. The van der Waals surface area contributed by atoms with Gasteiger partial charge in [0.2, 0.25) is 5.91 Å². The SMILES string of the molecule is CCCCc1ccc(NC(=O)CCN2C(=O)c3ccccc3C2=O)c(Br)c1. The number of carbonyl (C=O) groups is 3. The summed E-state index contributed by atoms with van der Waals surface area (Å²) in [4.78, 5) is 38.1. The van der Waals surface area contributed by atoms with Gasteiger partial charge in [-0.25, -0.2) is 0 Å². The molecule has 0 aliphatic carbocycles. The monoisotopic (exact) mass is 428 g/mol. The van der Waals surface area contributed by atoms with Gasteiger partial charge in [0.1, 0.15) is 0 Å². The number of nitrogens with one attached hydrogen (secondary N) is 1. The van der Waals surface area contributed by atoms with Crippen molar-refractivity contribution in [3.05, 3.63) is 63.6 Å². The van der Waals surface area contributed by atoms with Crippen molar-refractivity contribution in [2.75, 3.05) is 11.9 Å². The van der Waals surface area contributed by atoms with Gasteiger partial charge < -0.3 is 5.32 Å². The zero-order valence-corrected chi connectivity index (χ0v) is 16.7. The second-order valence-corrected chi connectivity index (χ2v) is 7.38. The minimum atomic E-state index is -0.343. The summed E-state index contributed by atoms with van der Waals surface area (Å²) in [5.41, 5.74) is 2.69. The van der Waals surface area contributed by atoms with Crippen LogP contribution < -0.4 is 5.32 Å². The molecule has 1 aliphatic heterocycles. The molecular weight excluding hydrogens is 408 g/mol. The fourth-order valence-electron chi connectivity index (χ4n) is 3.06. The maximum Gasteiger partial charge on any atom is 0.261 e. The molecule has 0 saturated heterocycles. The van der Waals surface area contributed by atoms with Crippen molar-refractivity contribution in [1.82, 2.24) is 4.90 Å². The molecule has 27 heavy (non-hydrogen) atoms. The number of imide groups is 1. The smallest absolute Gasteiger partial charge is 0.261 e. The molecule has 0 aromatic heterocycles. The molecule has 5 nitrogen and oxygen atoms in total. The van der Waals surface area contributed by atoms with E-state index < -0.39 is 0 Å². The van der Waals surface area contributed by atoms with Gasteiger partial charge >= 0.3 is 0 Å². The zero-order valence-electron chi connectivity index (χ0n) is 15.1. The highest BCUT2D eigenvalue weighted by molar-refractivity contribution is 9.10. The third-order valence-corrected chi connectivity index (χ3v) is 5.22. The average Bonchev–Trinajstić information content (AvgIpc) is 2.91. The van der Waals surface area contributed by atoms with Crippen LogP contribution in [-0.2, 0) is 11.2 Å². The number of hydrogen-bond acceptors (Lipinski definition) is 3. The molecule has 2 aromatic rings. The molecule has 2 aromatic carbocycles. The minimum absolute atomic E-state index is 0.0511. The lowest BCUT2D eigenvalue weighted by molar-refractivity contribution is -0.116. The number of halogens is 1. The first-order chi connectivity index (χ1) is 13.0. The van der Waals surface area contributed by atoms with E-state index in [9.17, 15) is 14.4 Å². The van der Waals surface area contributed by atoms with Crippen LogP contribution in [0.4, 0.5) is 5.69 Å². The van der Waals surface area contributed by atoms with E-state index in [2.05, 4.69) is 28.2 Å². The number of benzene rings is 2. The van der Waals surface area contributed by atoms with Crippen molar-refractivity contribution in [3.8, 4) is 0 Å². The number of carbonyl (C=O) groups excluding carboxylic acids is 3. The summed E-state index contributed by atoms with van der Waals surface area (Å²) in [7, 11) is 0. The van der Waals surface area contributed by atoms with Crippen molar-refractivity contribution >= 4 is 39.3 Å². The Kier molecular flexibility index (Phi) is 6.06. The number of anilines is 1. The lowest BCUT2D eigenvalue weighted by Gasteiger charge is -2.14. The van der Waals surface area contributed by atoms with Gasteiger partial charge in [0.15, 0.2) is 0 Å². The molecule has 0 saturated carbocycles. The fraction of sp³-hybridized carbons (Fsp3) is 0.286. The second kappa shape index (κ2) is 8.48. The van der Waals surface area contributed by atoms with Gasteiger partial charge in [-0.2, -0.15) is 0 Å². The molecule has 0 atom stereocenters. The Bertz CT molecular complexity index is 860. The Balaban J connectivity index is 1.58. The highest BCUT2D eigenvalue weighted by Gasteiger charge is 2.34. The molecule has 1 N–H and O–H groups in total. The van der Waals surface area contributed by atoms with Crippen LogP contribution in [-0.4, -0.2) is 29.2 Å². The normalized spacial score (nSPS) is 13.0. The van der Waals surface area contributed by atoms with Crippen LogP contribution in [0.25, 0.3) is 0 Å². The largest absolute Gasteiger partial charge is 0.325 e. The predicted molar refractivity (Wildman–Crippen MR) is 108 cm³/mol. The Labute approximate surface area is 166 Å². The second-order valence-electron chi connectivity index (χ2n) is 6.52. The van der Waals surface area contributed by atoms with E-state index in [1.54, 1.807) is 24.3 Å². The van der Waals surface area contributed by atoms with Crippen LogP contribution >= 0.6 is 15.9 Å². The van der Waals surface area contributed by atoms with E-state index in [1.165, 1.54) is 5.56 Å². The molecule has 140 valence electrons.